The second-order valence-electron chi connectivity index (χ2n) is 5.76. The molecule has 1 heterocycles. The Bertz CT molecular complexity index is 397. The minimum absolute atomic E-state index is 0.322. The minimum Gasteiger partial charge on any atom is -0.396 e. The molecule has 0 aromatic carbocycles. The Kier molecular flexibility index (Phi) is 6.12. The van der Waals surface area contributed by atoms with E-state index in [9.17, 15) is 5.11 Å². The number of nitrogens with one attached hydrogen (secondary N) is 2. The molecule has 1 saturated carbocycles. The smallest absolute Gasteiger partial charge is 0.0547 e. The highest BCUT2D eigenvalue weighted by Crippen LogP contribution is 2.30. The van der Waals surface area contributed by atoms with Crippen molar-refractivity contribution in [2.45, 2.75) is 39.0 Å². The third-order valence-electron chi connectivity index (χ3n) is 4.19. The predicted octanol–water partition coefficient (Wildman–Crippen LogP) is 3.11. The highest BCUT2D eigenvalue weighted by molar-refractivity contribution is 5.53. The molecular formula is C16H27N3O. The largest absolute Gasteiger partial charge is 0.396 e. The molecule has 0 amide bonds. The van der Waals surface area contributed by atoms with Gasteiger partial charge in [0, 0.05) is 19.7 Å². The molecule has 1 aliphatic carbocycles. The van der Waals surface area contributed by atoms with Crippen LogP contribution in [0.5, 0.6) is 0 Å². The Morgan fingerprint density at radius 2 is 1.85 bits per heavy atom. The minimum atomic E-state index is 0.322. The Labute approximate surface area is 122 Å². The lowest BCUT2D eigenvalue weighted by atomic mass is 9.79. The van der Waals surface area contributed by atoms with E-state index in [2.05, 4.69) is 28.6 Å². The number of rotatable bonds is 7. The number of aliphatic hydroxyl groups excluding tert-OH is 1. The van der Waals surface area contributed by atoms with Crippen molar-refractivity contribution in [3.8, 4) is 0 Å². The zero-order chi connectivity index (χ0) is 14.2. The average Bonchev–Trinajstić information content (AvgIpc) is 2.51. The van der Waals surface area contributed by atoms with Crippen LogP contribution >= 0.6 is 0 Å². The van der Waals surface area contributed by atoms with Crippen LogP contribution in [0.15, 0.2) is 18.5 Å². The van der Waals surface area contributed by atoms with Crippen LogP contribution in [0.3, 0.4) is 0 Å². The molecule has 2 rings (SSSR count). The first kappa shape index (κ1) is 15.1. The molecule has 112 valence electrons. The van der Waals surface area contributed by atoms with Gasteiger partial charge in [-0.25, -0.2) is 0 Å². The fraction of sp³-hybridized carbons (Fsp3) is 0.688. The van der Waals surface area contributed by atoms with Gasteiger partial charge in [0.25, 0.3) is 0 Å². The van der Waals surface area contributed by atoms with Gasteiger partial charge in [-0.15, -0.1) is 0 Å². The van der Waals surface area contributed by atoms with Gasteiger partial charge in [0.1, 0.15) is 0 Å². The molecule has 20 heavy (non-hydrogen) atoms. The van der Waals surface area contributed by atoms with Crippen molar-refractivity contribution in [3.63, 3.8) is 0 Å². The van der Waals surface area contributed by atoms with E-state index >= 15 is 0 Å². The SMILES string of the molecule is CCCNc1cncc(NCC2CCCCC2CO)c1. The number of nitrogens with zero attached hydrogens (tertiary/aromatic N) is 1. The van der Waals surface area contributed by atoms with Crippen molar-refractivity contribution >= 4 is 11.4 Å². The quantitative estimate of drug-likeness (QED) is 0.717. The van der Waals surface area contributed by atoms with E-state index in [-0.39, 0.29) is 0 Å². The summed E-state index contributed by atoms with van der Waals surface area (Å²) in [6, 6.07) is 2.11. The summed E-state index contributed by atoms with van der Waals surface area (Å²) in [5, 5.41) is 16.3. The fourth-order valence-corrected chi connectivity index (χ4v) is 2.95. The lowest BCUT2D eigenvalue weighted by Crippen LogP contribution is -2.28. The van der Waals surface area contributed by atoms with Crippen LogP contribution in [0.25, 0.3) is 0 Å². The van der Waals surface area contributed by atoms with Gasteiger partial charge in [-0.1, -0.05) is 19.8 Å². The Balaban J connectivity index is 1.86. The summed E-state index contributed by atoms with van der Waals surface area (Å²) < 4.78 is 0. The maximum absolute atomic E-state index is 9.45. The molecule has 0 aliphatic heterocycles. The van der Waals surface area contributed by atoms with E-state index in [0.717, 1.165) is 30.9 Å². The first-order valence-corrected chi connectivity index (χ1v) is 7.87. The lowest BCUT2D eigenvalue weighted by molar-refractivity contribution is 0.141. The molecule has 1 fully saturated rings. The van der Waals surface area contributed by atoms with Crippen molar-refractivity contribution in [2.75, 3.05) is 30.3 Å². The molecule has 2 atom stereocenters. The van der Waals surface area contributed by atoms with Gasteiger partial charge in [0.2, 0.25) is 0 Å². The van der Waals surface area contributed by atoms with Crippen LogP contribution in [-0.2, 0) is 0 Å². The Morgan fingerprint density at radius 1 is 1.15 bits per heavy atom. The first-order chi connectivity index (χ1) is 9.83. The monoisotopic (exact) mass is 277 g/mol. The number of anilines is 2. The van der Waals surface area contributed by atoms with Gasteiger partial charge in [0.15, 0.2) is 0 Å². The van der Waals surface area contributed by atoms with E-state index in [4.69, 9.17) is 0 Å². The number of aromatic nitrogens is 1. The van der Waals surface area contributed by atoms with Crippen LogP contribution < -0.4 is 10.6 Å². The summed E-state index contributed by atoms with van der Waals surface area (Å²) in [7, 11) is 0. The van der Waals surface area contributed by atoms with Gasteiger partial charge in [-0.05, 0) is 37.2 Å². The van der Waals surface area contributed by atoms with Crippen molar-refractivity contribution in [1.82, 2.24) is 4.98 Å². The van der Waals surface area contributed by atoms with Crippen LogP contribution in [-0.4, -0.2) is 29.8 Å². The molecule has 4 nitrogen and oxygen atoms in total. The summed E-state index contributed by atoms with van der Waals surface area (Å²) in [5.41, 5.74) is 2.13. The van der Waals surface area contributed by atoms with E-state index in [1.54, 1.807) is 0 Å². The fourth-order valence-electron chi connectivity index (χ4n) is 2.95. The Morgan fingerprint density at radius 3 is 2.55 bits per heavy atom. The molecular weight excluding hydrogens is 250 g/mol. The van der Waals surface area contributed by atoms with E-state index in [1.165, 1.54) is 25.7 Å². The first-order valence-electron chi connectivity index (χ1n) is 7.87. The van der Waals surface area contributed by atoms with Crippen LogP contribution in [0, 0.1) is 11.8 Å². The molecule has 0 spiro atoms. The average molecular weight is 277 g/mol. The van der Waals surface area contributed by atoms with E-state index < -0.39 is 0 Å². The van der Waals surface area contributed by atoms with Crippen molar-refractivity contribution in [1.29, 1.82) is 0 Å². The highest BCUT2D eigenvalue weighted by Gasteiger charge is 2.24. The van der Waals surface area contributed by atoms with E-state index in [0.29, 0.717) is 18.4 Å². The molecule has 1 aliphatic rings. The summed E-state index contributed by atoms with van der Waals surface area (Å²) in [5.74, 6) is 1.05. The third-order valence-corrected chi connectivity index (χ3v) is 4.19. The van der Waals surface area contributed by atoms with Crippen molar-refractivity contribution < 1.29 is 5.11 Å². The van der Waals surface area contributed by atoms with Gasteiger partial charge < -0.3 is 15.7 Å². The van der Waals surface area contributed by atoms with Crippen LogP contribution in [0.1, 0.15) is 39.0 Å². The van der Waals surface area contributed by atoms with Crippen molar-refractivity contribution in [2.24, 2.45) is 11.8 Å². The number of hydrogen-bond donors (Lipinski definition) is 3. The maximum atomic E-state index is 9.45. The molecule has 3 N–H and O–H groups in total. The number of hydrogen-bond acceptors (Lipinski definition) is 4. The van der Waals surface area contributed by atoms with Gasteiger partial charge in [0.05, 0.1) is 23.8 Å². The second-order valence-corrected chi connectivity index (χ2v) is 5.76. The van der Waals surface area contributed by atoms with E-state index in [1.807, 2.05) is 12.4 Å². The standard InChI is InChI=1S/C16H27N3O/c1-2-7-18-15-8-16(11-17-10-15)19-9-13-5-3-4-6-14(13)12-20/h8,10-11,13-14,18-20H,2-7,9,12H2,1H3. The highest BCUT2D eigenvalue weighted by atomic mass is 16.3. The van der Waals surface area contributed by atoms with Crippen LogP contribution in [0.4, 0.5) is 11.4 Å². The summed E-state index contributed by atoms with van der Waals surface area (Å²) in [4.78, 5) is 4.27. The molecule has 1 aromatic rings. The zero-order valence-corrected chi connectivity index (χ0v) is 12.4. The van der Waals surface area contributed by atoms with Gasteiger partial charge in [-0.2, -0.15) is 0 Å². The van der Waals surface area contributed by atoms with Crippen molar-refractivity contribution in [3.05, 3.63) is 18.5 Å². The number of aliphatic hydroxyl groups is 1. The summed E-state index contributed by atoms with van der Waals surface area (Å²) in [6.45, 7) is 4.38. The molecule has 0 bridgehead atoms. The summed E-state index contributed by atoms with van der Waals surface area (Å²) >= 11 is 0. The second kappa shape index (κ2) is 8.10. The molecule has 4 heteroatoms. The normalized spacial score (nSPS) is 22.5. The summed E-state index contributed by atoms with van der Waals surface area (Å²) in [6.07, 6.45) is 9.78. The number of pyridine rings is 1. The van der Waals surface area contributed by atoms with Gasteiger partial charge in [-0.3, -0.25) is 4.98 Å². The van der Waals surface area contributed by atoms with Crippen LogP contribution in [0.2, 0.25) is 0 Å². The predicted molar refractivity (Wildman–Crippen MR) is 84.0 cm³/mol. The Hall–Kier alpha value is -1.29. The third kappa shape index (κ3) is 4.37. The molecule has 1 aromatic heterocycles. The zero-order valence-electron chi connectivity index (χ0n) is 12.4. The topological polar surface area (TPSA) is 57.2 Å². The van der Waals surface area contributed by atoms with Gasteiger partial charge >= 0.3 is 0 Å². The molecule has 0 saturated heterocycles. The lowest BCUT2D eigenvalue weighted by Gasteiger charge is -2.30. The molecule has 2 unspecified atom stereocenters. The maximum Gasteiger partial charge on any atom is 0.0547 e. The molecule has 0 radical (unpaired) electrons.